The van der Waals surface area contributed by atoms with Crippen LogP contribution in [0.2, 0.25) is 0 Å². The molecule has 0 aliphatic carbocycles. The normalized spacial score (nSPS) is 15.0. The first-order chi connectivity index (χ1) is 11.6. The van der Waals surface area contributed by atoms with Crippen LogP contribution in [0.15, 0.2) is 36.5 Å². The molecular formula is C19H34FO3P. The van der Waals surface area contributed by atoms with E-state index in [0.29, 0.717) is 6.42 Å². The monoisotopic (exact) mass is 360 g/mol. The van der Waals surface area contributed by atoms with Crippen molar-refractivity contribution in [3.63, 3.8) is 0 Å². The quantitative estimate of drug-likeness (QED) is 0.164. The van der Waals surface area contributed by atoms with Gasteiger partial charge in [0, 0.05) is 7.11 Å². The highest BCUT2D eigenvalue weighted by molar-refractivity contribution is 7.48. The van der Waals surface area contributed by atoms with Crippen LogP contribution in [0.5, 0.6) is 0 Å². The van der Waals surface area contributed by atoms with Gasteiger partial charge in [-0.2, -0.15) is 0 Å². The fraction of sp³-hybridized carbons (Fsp3) is 0.684. The maximum Gasteiger partial charge on any atom is 0.512 e. The second-order valence-corrected chi connectivity index (χ2v) is 7.16. The molecule has 0 aliphatic rings. The zero-order chi connectivity index (χ0) is 17.9. The van der Waals surface area contributed by atoms with Crippen molar-refractivity contribution < 1.29 is 17.8 Å². The molecule has 0 heterocycles. The Kier molecular flexibility index (Phi) is 16.6. The van der Waals surface area contributed by atoms with Crippen molar-refractivity contribution in [1.82, 2.24) is 0 Å². The van der Waals surface area contributed by atoms with Gasteiger partial charge in [-0.25, -0.2) is 4.57 Å². The molecule has 0 aromatic carbocycles. The lowest BCUT2D eigenvalue weighted by Crippen LogP contribution is -1.91. The fourth-order valence-corrected chi connectivity index (χ4v) is 2.51. The first-order valence-corrected chi connectivity index (χ1v) is 10.5. The van der Waals surface area contributed by atoms with Crippen LogP contribution in [0.1, 0.15) is 71.1 Å². The zero-order valence-electron chi connectivity index (χ0n) is 15.3. The molecule has 0 radical (unpaired) electrons. The third kappa shape index (κ3) is 17.7. The number of rotatable bonds is 16. The summed E-state index contributed by atoms with van der Waals surface area (Å²) in [5.74, 6) is 0. The minimum Gasteiger partial charge on any atom is -0.287 e. The Morgan fingerprint density at radius 3 is 1.92 bits per heavy atom. The number of hydrogen-bond acceptors (Lipinski definition) is 3. The molecule has 0 rings (SSSR count). The second-order valence-electron chi connectivity index (χ2n) is 5.68. The third-order valence-corrected chi connectivity index (χ3v) is 4.42. The Balaban J connectivity index is 3.38. The smallest absolute Gasteiger partial charge is 0.287 e. The molecule has 0 saturated carbocycles. The molecule has 140 valence electrons. The molecule has 1 atom stereocenters. The average molecular weight is 360 g/mol. The number of hydrogen-bond donors (Lipinski definition) is 0. The van der Waals surface area contributed by atoms with Gasteiger partial charge in [0.05, 0.1) is 6.61 Å². The standard InChI is InChI=1S/C19H34FO3P/c1-3-4-5-6-7-8-9-10-11-12-13-14-15-16-17-18-19-23-24(20,21)22-2/h7-8,10-11,13-14H,3-6,9,12,15-19H2,1-2H3/b8-7-,11-10-,14-13-. The van der Waals surface area contributed by atoms with Crippen LogP contribution < -0.4 is 0 Å². The molecule has 0 aromatic rings. The molecule has 3 nitrogen and oxygen atoms in total. The molecule has 0 amide bonds. The Morgan fingerprint density at radius 1 is 0.833 bits per heavy atom. The molecule has 0 N–H and O–H groups in total. The second kappa shape index (κ2) is 17.1. The number of unbranched alkanes of at least 4 members (excludes halogenated alkanes) is 6. The van der Waals surface area contributed by atoms with Gasteiger partial charge in [0.15, 0.2) is 0 Å². The highest BCUT2D eigenvalue weighted by Crippen LogP contribution is 2.48. The molecule has 0 aliphatic heterocycles. The largest absolute Gasteiger partial charge is 0.512 e. The summed E-state index contributed by atoms with van der Waals surface area (Å²) in [6, 6.07) is 0. The van der Waals surface area contributed by atoms with Gasteiger partial charge in [-0.3, -0.25) is 9.05 Å². The van der Waals surface area contributed by atoms with Gasteiger partial charge in [0.1, 0.15) is 0 Å². The van der Waals surface area contributed by atoms with Crippen molar-refractivity contribution in [2.45, 2.75) is 71.1 Å². The third-order valence-electron chi connectivity index (χ3n) is 3.50. The van der Waals surface area contributed by atoms with Crippen LogP contribution in [0, 0.1) is 0 Å². The lowest BCUT2D eigenvalue weighted by molar-refractivity contribution is 0.197. The summed E-state index contributed by atoms with van der Waals surface area (Å²) in [6.07, 6.45) is 23.9. The topological polar surface area (TPSA) is 35.5 Å². The van der Waals surface area contributed by atoms with E-state index in [4.69, 9.17) is 0 Å². The summed E-state index contributed by atoms with van der Waals surface area (Å²) in [5.41, 5.74) is 0. The van der Waals surface area contributed by atoms with Crippen LogP contribution >= 0.6 is 7.91 Å². The van der Waals surface area contributed by atoms with Gasteiger partial charge in [0.25, 0.3) is 0 Å². The first-order valence-electron chi connectivity index (χ1n) is 9.07. The molecule has 1 unspecified atom stereocenters. The van der Waals surface area contributed by atoms with E-state index in [-0.39, 0.29) is 6.61 Å². The molecule has 0 spiro atoms. The van der Waals surface area contributed by atoms with Crippen molar-refractivity contribution in [2.75, 3.05) is 13.7 Å². The van der Waals surface area contributed by atoms with Gasteiger partial charge in [-0.1, -0.05) is 62.6 Å². The summed E-state index contributed by atoms with van der Waals surface area (Å²) < 4.78 is 32.3. The zero-order valence-corrected chi connectivity index (χ0v) is 16.2. The summed E-state index contributed by atoms with van der Waals surface area (Å²) in [4.78, 5) is 0. The van der Waals surface area contributed by atoms with Crippen molar-refractivity contribution in [3.05, 3.63) is 36.5 Å². The van der Waals surface area contributed by atoms with E-state index in [2.05, 4.69) is 52.4 Å². The molecule has 24 heavy (non-hydrogen) atoms. The highest BCUT2D eigenvalue weighted by Gasteiger charge is 2.20. The maximum atomic E-state index is 12.8. The first kappa shape index (κ1) is 23.3. The van der Waals surface area contributed by atoms with Crippen molar-refractivity contribution >= 4 is 7.91 Å². The van der Waals surface area contributed by atoms with Crippen LogP contribution in [-0.2, 0) is 13.6 Å². The Morgan fingerprint density at radius 2 is 1.38 bits per heavy atom. The molecule has 0 aromatic heterocycles. The summed E-state index contributed by atoms with van der Waals surface area (Å²) in [6.45, 7) is 2.36. The van der Waals surface area contributed by atoms with E-state index < -0.39 is 7.91 Å². The van der Waals surface area contributed by atoms with Crippen LogP contribution in [-0.4, -0.2) is 13.7 Å². The van der Waals surface area contributed by atoms with E-state index in [1.807, 2.05) is 0 Å². The minimum atomic E-state index is -4.29. The lowest BCUT2D eigenvalue weighted by Gasteiger charge is -2.05. The molecular weight excluding hydrogens is 326 g/mol. The Labute approximate surface area is 147 Å². The molecule has 0 fully saturated rings. The molecule has 5 heteroatoms. The minimum absolute atomic E-state index is 0.139. The van der Waals surface area contributed by atoms with Gasteiger partial charge < -0.3 is 0 Å². The SMILES string of the molecule is CCCCC/C=C\C/C=C\C/C=C\CCCCCOP(=O)(F)OC. The summed E-state index contributed by atoms with van der Waals surface area (Å²) >= 11 is 0. The predicted octanol–water partition coefficient (Wildman–Crippen LogP) is 7.32. The van der Waals surface area contributed by atoms with Gasteiger partial charge in [0.2, 0.25) is 0 Å². The molecule has 0 saturated heterocycles. The van der Waals surface area contributed by atoms with Gasteiger partial charge >= 0.3 is 7.91 Å². The van der Waals surface area contributed by atoms with E-state index in [0.717, 1.165) is 39.2 Å². The predicted molar refractivity (Wildman–Crippen MR) is 101 cm³/mol. The van der Waals surface area contributed by atoms with Gasteiger partial charge in [-0.15, -0.1) is 4.20 Å². The summed E-state index contributed by atoms with van der Waals surface area (Å²) in [7, 11) is -3.24. The van der Waals surface area contributed by atoms with Gasteiger partial charge in [-0.05, 0) is 44.9 Å². The van der Waals surface area contributed by atoms with Crippen LogP contribution in [0.3, 0.4) is 0 Å². The average Bonchev–Trinajstić information content (AvgIpc) is 2.57. The van der Waals surface area contributed by atoms with E-state index >= 15 is 0 Å². The van der Waals surface area contributed by atoms with Crippen LogP contribution in [0.25, 0.3) is 0 Å². The van der Waals surface area contributed by atoms with E-state index in [1.54, 1.807) is 0 Å². The Bertz CT molecular complexity index is 405. The lowest BCUT2D eigenvalue weighted by atomic mass is 10.2. The number of allylic oxidation sites excluding steroid dienone is 6. The summed E-state index contributed by atoms with van der Waals surface area (Å²) in [5, 5.41) is 0. The van der Waals surface area contributed by atoms with Crippen molar-refractivity contribution in [1.29, 1.82) is 0 Å². The fourth-order valence-electron chi connectivity index (χ4n) is 2.06. The van der Waals surface area contributed by atoms with Crippen molar-refractivity contribution in [2.24, 2.45) is 0 Å². The Hall–Kier alpha value is -0.700. The van der Waals surface area contributed by atoms with Crippen molar-refractivity contribution in [3.8, 4) is 0 Å². The number of halogens is 1. The molecule has 0 bridgehead atoms. The van der Waals surface area contributed by atoms with Crippen LogP contribution in [0.4, 0.5) is 4.20 Å². The maximum absolute atomic E-state index is 12.8. The van der Waals surface area contributed by atoms with E-state index in [9.17, 15) is 8.76 Å². The van der Waals surface area contributed by atoms with E-state index in [1.165, 1.54) is 25.7 Å². The highest BCUT2D eigenvalue weighted by atomic mass is 31.2.